The molecular formula is C22H32N2O3. The summed E-state index contributed by atoms with van der Waals surface area (Å²) in [7, 11) is 0. The normalized spacial score (nSPS) is 30.3. The third kappa shape index (κ3) is 4.53. The van der Waals surface area contributed by atoms with E-state index < -0.39 is 5.97 Å². The molecule has 1 saturated carbocycles. The lowest BCUT2D eigenvalue weighted by Crippen LogP contribution is -2.53. The van der Waals surface area contributed by atoms with Crippen molar-refractivity contribution in [2.75, 3.05) is 19.7 Å². The highest BCUT2D eigenvalue weighted by Gasteiger charge is 2.43. The Hall–Kier alpha value is -1.43. The number of likely N-dealkylation sites (tertiary alicyclic amines) is 1. The molecule has 2 heterocycles. The van der Waals surface area contributed by atoms with Crippen molar-refractivity contribution in [3.05, 3.63) is 35.4 Å². The molecule has 3 fully saturated rings. The average molecular weight is 373 g/mol. The van der Waals surface area contributed by atoms with Crippen LogP contribution in [0.4, 0.5) is 0 Å². The molecule has 5 nitrogen and oxygen atoms in total. The lowest BCUT2D eigenvalue weighted by molar-refractivity contribution is -0.120. The van der Waals surface area contributed by atoms with Crippen molar-refractivity contribution >= 4 is 5.97 Å². The Morgan fingerprint density at radius 2 is 2.04 bits per heavy atom. The molecule has 2 saturated heterocycles. The van der Waals surface area contributed by atoms with Gasteiger partial charge in [-0.05, 0) is 55.7 Å². The fourth-order valence-corrected chi connectivity index (χ4v) is 4.85. The van der Waals surface area contributed by atoms with Gasteiger partial charge >= 0.3 is 5.97 Å². The molecule has 1 aliphatic carbocycles. The fraction of sp³-hybridized carbons (Fsp3) is 0.682. The van der Waals surface area contributed by atoms with Crippen LogP contribution in [0.15, 0.2) is 24.3 Å². The number of hydrogen-bond donors (Lipinski definition) is 2. The number of ether oxygens (including phenoxy) is 1. The number of carboxylic acids is 1. The van der Waals surface area contributed by atoms with E-state index in [1.54, 1.807) is 12.1 Å². The first kappa shape index (κ1) is 18.9. The molecule has 27 heavy (non-hydrogen) atoms. The monoisotopic (exact) mass is 372 g/mol. The lowest BCUT2D eigenvalue weighted by atomic mass is 9.82. The number of aromatic carboxylic acids is 1. The third-order valence-corrected chi connectivity index (χ3v) is 6.76. The molecule has 2 aliphatic heterocycles. The van der Waals surface area contributed by atoms with Crippen LogP contribution in [0.25, 0.3) is 0 Å². The van der Waals surface area contributed by atoms with Gasteiger partial charge in [0.25, 0.3) is 0 Å². The van der Waals surface area contributed by atoms with Gasteiger partial charge < -0.3 is 15.2 Å². The molecule has 148 valence electrons. The molecule has 0 amide bonds. The zero-order valence-electron chi connectivity index (χ0n) is 16.3. The van der Waals surface area contributed by atoms with Gasteiger partial charge in [-0.1, -0.05) is 25.5 Å². The molecule has 0 bridgehead atoms. The number of hydrogen-bond acceptors (Lipinski definition) is 4. The molecule has 0 aromatic heterocycles. The van der Waals surface area contributed by atoms with Gasteiger partial charge in [-0.2, -0.15) is 0 Å². The van der Waals surface area contributed by atoms with Crippen LogP contribution in [-0.4, -0.2) is 53.4 Å². The van der Waals surface area contributed by atoms with E-state index in [1.165, 1.54) is 18.4 Å². The minimum atomic E-state index is -0.865. The van der Waals surface area contributed by atoms with Gasteiger partial charge in [0.05, 0.1) is 11.2 Å². The number of rotatable bonds is 6. The van der Waals surface area contributed by atoms with Crippen molar-refractivity contribution in [2.45, 2.75) is 69.7 Å². The predicted octanol–water partition coefficient (Wildman–Crippen LogP) is 3.29. The van der Waals surface area contributed by atoms with Crippen LogP contribution in [0.2, 0.25) is 0 Å². The van der Waals surface area contributed by atoms with E-state index in [1.807, 2.05) is 12.1 Å². The van der Waals surface area contributed by atoms with Crippen molar-refractivity contribution in [2.24, 2.45) is 5.92 Å². The van der Waals surface area contributed by atoms with E-state index in [9.17, 15) is 4.79 Å². The van der Waals surface area contributed by atoms with E-state index in [4.69, 9.17) is 9.84 Å². The van der Waals surface area contributed by atoms with Crippen molar-refractivity contribution in [3.63, 3.8) is 0 Å². The quantitative estimate of drug-likeness (QED) is 0.802. The van der Waals surface area contributed by atoms with E-state index in [0.717, 1.165) is 63.9 Å². The van der Waals surface area contributed by atoms with Gasteiger partial charge in [0.2, 0.25) is 0 Å². The van der Waals surface area contributed by atoms with Crippen molar-refractivity contribution < 1.29 is 14.6 Å². The van der Waals surface area contributed by atoms with E-state index in [2.05, 4.69) is 17.1 Å². The van der Waals surface area contributed by atoms with Gasteiger partial charge in [-0.15, -0.1) is 0 Å². The topological polar surface area (TPSA) is 61.8 Å². The highest BCUT2D eigenvalue weighted by atomic mass is 16.5. The molecule has 0 radical (unpaired) electrons. The highest BCUT2D eigenvalue weighted by Crippen LogP contribution is 2.38. The number of carboxylic acid groups (broad SMARTS) is 1. The van der Waals surface area contributed by atoms with Gasteiger partial charge in [-0.25, -0.2) is 4.79 Å². The van der Waals surface area contributed by atoms with Crippen LogP contribution in [-0.2, 0) is 11.3 Å². The Balaban J connectivity index is 1.27. The molecule has 1 aromatic carbocycles. The zero-order valence-corrected chi connectivity index (χ0v) is 16.3. The van der Waals surface area contributed by atoms with E-state index in [-0.39, 0.29) is 5.60 Å². The summed E-state index contributed by atoms with van der Waals surface area (Å²) in [6.07, 6.45) is 7.15. The summed E-state index contributed by atoms with van der Waals surface area (Å²) in [5.41, 5.74) is 1.60. The minimum Gasteiger partial charge on any atom is -0.478 e. The molecule has 1 spiro atoms. The third-order valence-electron chi connectivity index (χ3n) is 6.76. The second-order valence-corrected chi connectivity index (χ2v) is 8.68. The molecule has 2 N–H and O–H groups in total. The summed E-state index contributed by atoms with van der Waals surface area (Å²) in [5, 5.41) is 12.9. The average Bonchev–Trinajstić information content (AvgIpc) is 3.42. The standard InChI is InChI=1S/C22H32N2O3/c1-2-17-13-20(17)23-19-7-12-27-22(14-19)8-10-24(11-9-22)15-16-3-5-18(6-4-16)21(25)26/h3-6,17,19-20,23H,2,7-15H2,1H3,(H,25,26)/t17-,19?,20-/m1/s1. The van der Waals surface area contributed by atoms with Crippen LogP contribution < -0.4 is 5.32 Å². The second-order valence-electron chi connectivity index (χ2n) is 8.68. The summed E-state index contributed by atoms with van der Waals surface area (Å²) >= 11 is 0. The fourth-order valence-electron chi connectivity index (χ4n) is 4.85. The summed E-state index contributed by atoms with van der Waals surface area (Å²) in [4.78, 5) is 13.4. The van der Waals surface area contributed by atoms with Gasteiger partial charge in [0.15, 0.2) is 0 Å². The summed E-state index contributed by atoms with van der Waals surface area (Å²) in [5.74, 6) is 0.0358. The molecular weight excluding hydrogens is 340 g/mol. The number of carbonyl (C=O) groups is 1. The Morgan fingerprint density at radius 3 is 2.67 bits per heavy atom. The van der Waals surface area contributed by atoms with Crippen LogP contribution in [0.1, 0.15) is 61.4 Å². The molecule has 1 unspecified atom stereocenters. The Labute approximate surface area is 162 Å². The van der Waals surface area contributed by atoms with E-state index >= 15 is 0 Å². The van der Waals surface area contributed by atoms with Crippen LogP contribution >= 0.6 is 0 Å². The SMILES string of the molecule is CC[C@@H]1C[C@H]1NC1CCOC2(CCN(Cc3ccc(C(=O)O)cc3)CC2)C1. The van der Waals surface area contributed by atoms with Gasteiger partial charge in [-0.3, -0.25) is 4.90 Å². The van der Waals surface area contributed by atoms with Crippen LogP contribution in [0.5, 0.6) is 0 Å². The maximum atomic E-state index is 11.0. The maximum Gasteiger partial charge on any atom is 0.335 e. The van der Waals surface area contributed by atoms with Crippen LogP contribution in [0.3, 0.4) is 0 Å². The Kier molecular flexibility index (Phi) is 5.53. The number of nitrogens with zero attached hydrogens (tertiary/aromatic N) is 1. The Morgan fingerprint density at radius 1 is 1.30 bits per heavy atom. The predicted molar refractivity (Wildman–Crippen MR) is 105 cm³/mol. The van der Waals surface area contributed by atoms with E-state index in [0.29, 0.717) is 11.6 Å². The molecule has 5 heteroatoms. The van der Waals surface area contributed by atoms with Gasteiger partial charge in [0, 0.05) is 38.3 Å². The maximum absolute atomic E-state index is 11.0. The molecule has 4 rings (SSSR count). The second kappa shape index (κ2) is 7.90. The lowest BCUT2D eigenvalue weighted by Gasteiger charge is -2.46. The smallest absolute Gasteiger partial charge is 0.335 e. The van der Waals surface area contributed by atoms with Crippen molar-refractivity contribution in [1.29, 1.82) is 0 Å². The molecule has 3 aliphatic rings. The number of nitrogens with one attached hydrogen (secondary N) is 1. The minimum absolute atomic E-state index is 0.0657. The van der Waals surface area contributed by atoms with Crippen molar-refractivity contribution in [3.8, 4) is 0 Å². The summed E-state index contributed by atoms with van der Waals surface area (Å²) in [6.45, 7) is 6.17. The molecule has 3 atom stereocenters. The summed E-state index contributed by atoms with van der Waals surface area (Å²) in [6, 6.07) is 8.64. The number of benzene rings is 1. The Bertz CT molecular complexity index is 652. The van der Waals surface area contributed by atoms with Crippen LogP contribution in [0, 0.1) is 5.92 Å². The number of piperidine rings is 1. The summed E-state index contributed by atoms with van der Waals surface area (Å²) < 4.78 is 6.30. The van der Waals surface area contributed by atoms with Crippen molar-refractivity contribution in [1.82, 2.24) is 10.2 Å². The first-order chi connectivity index (χ1) is 13.1. The zero-order chi connectivity index (χ0) is 18.9. The highest BCUT2D eigenvalue weighted by molar-refractivity contribution is 5.87. The first-order valence-electron chi connectivity index (χ1n) is 10.5. The largest absolute Gasteiger partial charge is 0.478 e. The first-order valence-corrected chi connectivity index (χ1v) is 10.5. The van der Waals surface area contributed by atoms with Gasteiger partial charge in [0.1, 0.15) is 0 Å². The molecule has 1 aromatic rings.